The summed E-state index contributed by atoms with van der Waals surface area (Å²) in [6.07, 6.45) is 3.93. The van der Waals surface area contributed by atoms with Crippen molar-refractivity contribution in [3.05, 3.63) is 0 Å². The van der Waals surface area contributed by atoms with Crippen LogP contribution >= 0.6 is 0 Å². The molecule has 2 nitrogen and oxygen atoms in total. The average Bonchev–Trinajstić information content (AvgIpc) is 1.78. The van der Waals surface area contributed by atoms with E-state index < -0.39 is 0 Å². The molecule has 60 valence electrons. The number of oxime groups is 1. The summed E-state index contributed by atoms with van der Waals surface area (Å²) in [6.45, 7) is 8.06. The van der Waals surface area contributed by atoms with Gasteiger partial charge in [0.15, 0.2) is 0 Å². The second kappa shape index (κ2) is 4.31. The summed E-state index contributed by atoms with van der Waals surface area (Å²) in [7, 11) is 0. The van der Waals surface area contributed by atoms with Gasteiger partial charge in [0.25, 0.3) is 0 Å². The van der Waals surface area contributed by atoms with Crippen LogP contribution in [0.2, 0.25) is 0 Å². The molecule has 10 heavy (non-hydrogen) atoms. The maximum absolute atomic E-state index is 5.10. The van der Waals surface area contributed by atoms with E-state index >= 15 is 0 Å². The van der Waals surface area contributed by atoms with E-state index in [0.717, 1.165) is 12.8 Å². The third-order valence-corrected chi connectivity index (χ3v) is 0.819. The van der Waals surface area contributed by atoms with E-state index in [1.165, 1.54) is 0 Å². The summed E-state index contributed by atoms with van der Waals surface area (Å²) in [6, 6.07) is 0. The first-order valence-electron chi connectivity index (χ1n) is 3.76. The lowest BCUT2D eigenvalue weighted by molar-refractivity contribution is 0.00158. The molecule has 0 aliphatic heterocycles. The highest BCUT2D eigenvalue weighted by Gasteiger charge is 2.08. The number of hydrogen-bond donors (Lipinski definition) is 0. The van der Waals surface area contributed by atoms with Gasteiger partial charge < -0.3 is 4.84 Å². The van der Waals surface area contributed by atoms with E-state index in [0.29, 0.717) is 0 Å². The molecule has 0 aliphatic carbocycles. The van der Waals surface area contributed by atoms with Gasteiger partial charge >= 0.3 is 0 Å². The summed E-state index contributed by atoms with van der Waals surface area (Å²) < 4.78 is 0. The van der Waals surface area contributed by atoms with Crippen molar-refractivity contribution in [3.8, 4) is 0 Å². The molecule has 0 bridgehead atoms. The van der Waals surface area contributed by atoms with Gasteiger partial charge in [-0.05, 0) is 27.2 Å². The van der Waals surface area contributed by atoms with Crippen molar-refractivity contribution in [3.63, 3.8) is 0 Å². The zero-order valence-electron chi connectivity index (χ0n) is 7.35. The fraction of sp³-hybridized carbons (Fsp3) is 0.875. The van der Waals surface area contributed by atoms with Crippen molar-refractivity contribution < 1.29 is 4.84 Å². The molecule has 0 radical (unpaired) electrons. The number of nitrogens with zero attached hydrogens (tertiary/aromatic N) is 1. The summed E-state index contributed by atoms with van der Waals surface area (Å²) in [5, 5.41) is 3.81. The van der Waals surface area contributed by atoms with Crippen LogP contribution in [-0.4, -0.2) is 11.8 Å². The lowest BCUT2D eigenvalue weighted by Gasteiger charge is -2.14. The molecule has 0 N–H and O–H groups in total. The summed E-state index contributed by atoms with van der Waals surface area (Å²) in [4.78, 5) is 5.10. The average molecular weight is 143 g/mol. The Morgan fingerprint density at radius 2 is 2.00 bits per heavy atom. The standard InChI is InChI=1S/C8H17NO/c1-5-6-7-9-10-8(2,3)4/h7H,5-6H2,1-4H3/b9-7+. The first-order valence-corrected chi connectivity index (χ1v) is 3.76. The lowest BCUT2D eigenvalue weighted by atomic mass is 10.2. The van der Waals surface area contributed by atoms with E-state index in [2.05, 4.69) is 12.1 Å². The van der Waals surface area contributed by atoms with Gasteiger partial charge in [0.1, 0.15) is 5.60 Å². The van der Waals surface area contributed by atoms with Crippen LogP contribution < -0.4 is 0 Å². The third kappa shape index (κ3) is 7.47. The smallest absolute Gasteiger partial charge is 0.129 e. The van der Waals surface area contributed by atoms with E-state index in [1.54, 1.807) is 0 Å². The lowest BCUT2D eigenvalue weighted by Crippen LogP contribution is -2.15. The van der Waals surface area contributed by atoms with E-state index in [1.807, 2.05) is 27.0 Å². The Bertz CT molecular complexity index is 102. The Hall–Kier alpha value is -0.530. The van der Waals surface area contributed by atoms with Gasteiger partial charge in [0.05, 0.1) is 0 Å². The second-order valence-corrected chi connectivity index (χ2v) is 3.28. The minimum atomic E-state index is -0.149. The molecular weight excluding hydrogens is 126 g/mol. The molecule has 0 saturated heterocycles. The quantitative estimate of drug-likeness (QED) is 0.439. The van der Waals surface area contributed by atoms with Crippen molar-refractivity contribution >= 4 is 6.21 Å². The molecule has 2 heteroatoms. The molecule has 0 rings (SSSR count). The predicted molar refractivity (Wildman–Crippen MR) is 44.2 cm³/mol. The van der Waals surface area contributed by atoms with Gasteiger partial charge in [-0.3, -0.25) is 0 Å². The third-order valence-electron chi connectivity index (χ3n) is 0.819. The highest BCUT2D eigenvalue weighted by Crippen LogP contribution is 2.05. The second-order valence-electron chi connectivity index (χ2n) is 3.28. The summed E-state index contributed by atoms with van der Waals surface area (Å²) in [5.74, 6) is 0. The van der Waals surface area contributed by atoms with E-state index in [4.69, 9.17) is 4.84 Å². The van der Waals surface area contributed by atoms with Crippen LogP contribution in [0.15, 0.2) is 5.16 Å². The molecule has 0 aromatic rings. The Morgan fingerprint density at radius 3 is 2.40 bits per heavy atom. The molecule has 0 saturated carbocycles. The van der Waals surface area contributed by atoms with Gasteiger partial charge in [0.2, 0.25) is 0 Å². The fourth-order valence-electron chi connectivity index (χ4n) is 0.377. The van der Waals surface area contributed by atoms with Gasteiger partial charge in [0, 0.05) is 6.21 Å². The first-order chi connectivity index (χ1) is 4.56. The van der Waals surface area contributed by atoms with Crippen LogP contribution in [0.25, 0.3) is 0 Å². The normalized spacial score (nSPS) is 12.4. The van der Waals surface area contributed by atoms with Crippen LogP contribution in [0.5, 0.6) is 0 Å². The van der Waals surface area contributed by atoms with Gasteiger partial charge in [-0.25, -0.2) is 0 Å². The van der Waals surface area contributed by atoms with Crippen molar-refractivity contribution in [2.24, 2.45) is 5.16 Å². The molecule has 0 amide bonds. The maximum atomic E-state index is 5.10. The molecule has 0 aromatic heterocycles. The number of hydrogen-bond acceptors (Lipinski definition) is 2. The van der Waals surface area contributed by atoms with Crippen LogP contribution in [-0.2, 0) is 4.84 Å². The van der Waals surface area contributed by atoms with E-state index in [9.17, 15) is 0 Å². The van der Waals surface area contributed by atoms with Gasteiger partial charge in [-0.1, -0.05) is 18.5 Å². The van der Waals surface area contributed by atoms with Crippen molar-refractivity contribution in [1.29, 1.82) is 0 Å². The SMILES string of the molecule is CCC/C=N/OC(C)(C)C. The van der Waals surface area contributed by atoms with Crippen LogP contribution in [0.1, 0.15) is 40.5 Å². The molecule has 0 atom stereocenters. The predicted octanol–water partition coefficient (Wildman–Crippen LogP) is 2.59. The van der Waals surface area contributed by atoms with Crippen LogP contribution in [0.4, 0.5) is 0 Å². The Morgan fingerprint density at radius 1 is 1.40 bits per heavy atom. The fourth-order valence-corrected chi connectivity index (χ4v) is 0.377. The zero-order valence-corrected chi connectivity index (χ0v) is 7.35. The minimum absolute atomic E-state index is 0.149. The molecule has 0 fully saturated rings. The summed E-state index contributed by atoms with van der Waals surface area (Å²) in [5.41, 5.74) is -0.149. The van der Waals surface area contributed by atoms with E-state index in [-0.39, 0.29) is 5.60 Å². The van der Waals surface area contributed by atoms with Crippen LogP contribution in [0, 0.1) is 0 Å². The first kappa shape index (κ1) is 9.47. The van der Waals surface area contributed by atoms with Crippen molar-refractivity contribution in [2.45, 2.75) is 46.1 Å². The number of unbranched alkanes of at least 4 members (excludes halogenated alkanes) is 1. The largest absolute Gasteiger partial charge is 0.390 e. The molecule has 0 aliphatic rings. The zero-order chi connectivity index (χ0) is 8.04. The highest BCUT2D eigenvalue weighted by atomic mass is 16.6. The molecule has 0 spiro atoms. The van der Waals surface area contributed by atoms with Crippen molar-refractivity contribution in [1.82, 2.24) is 0 Å². The van der Waals surface area contributed by atoms with Crippen molar-refractivity contribution in [2.75, 3.05) is 0 Å². The number of rotatable bonds is 3. The van der Waals surface area contributed by atoms with Gasteiger partial charge in [-0.2, -0.15) is 0 Å². The minimum Gasteiger partial charge on any atom is -0.390 e. The molecule has 0 unspecified atom stereocenters. The van der Waals surface area contributed by atoms with Gasteiger partial charge in [-0.15, -0.1) is 0 Å². The Balaban J connectivity index is 3.34. The van der Waals surface area contributed by atoms with Crippen LogP contribution in [0.3, 0.4) is 0 Å². The molecule has 0 heterocycles. The summed E-state index contributed by atoms with van der Waals surface area (Å²) >= 11 is 0. The highest BCUT2D eigenvalue weighted by molar-refractivity contribution is 5.55. The molecular formula is C8H17NO. The Kier molecular flexibility index (Phi) is 4.08. The molecule has 0 aromatic carbocycles. The topological polar surface area (TPSA) is 21.6 Å². The Labute approximate surface area is 63.3 Å². The monoisotopic (exact) mass is 143 g/mol. The maximum Gasteiger partial charge on any atom is 0.129 e.